The summed E-state index contributed by atoms with van der Waals surface area (Å²) in [7, 11) is 0. The summed E-state index contributed by atoms with van der Waals surface area (Å²) < 4.78 is 0. The largest absolute Gasteiger partial charge is 0.315 e. The molecule has 0 aromatic rings. The zero-order chi connectivity index (χ0) is 18.4. The average molecular weight is 373 g/mol. The van der Waals surface area contributed by atoms with Crippen LogP contribution in [0.25, 0.3) is 0 Å². The number of rotatable bonds is 0. The molecule has 1 fully saturated rings. The molecular formula is C18H44N8. The van der Waals surface area contributed by atoms with Gasteiger partial charge < -0.3 is 42.5 Å². The topological polar surface area (TPSA) is 96.2 Å². The van der Waals surface area contributed by atoms with Crippen LogP contribution in [0.1, 0.15) is 12.8 Å². The van der Waals surface area contributed by atoms with Crippen molar-refractivity contribution in [3.05, 3.63) is 0 Å². The van der Waals surface area contributed by atoms with E-state index in [1.807, 2.05) is 0 Å². The van der Waals surface area contributed by atoms with Crippen molar-refractivity contribution >= 4 is 0 Å². The first kappa shape index (κ1) is 23.7. The predicted octanol–water partition coefficient (Wildman–Crippen LogP) is -2.50. The van der Waals surface area contributed by atoms with Crippen molar-refractivity contribution in [2.45, 2.75) is 12.8 Å². The van der Waals surface area contributed by atoms with Crippen LogP contribution in [0.3, 0.4) is 0 Å². The van der Waals surface area contributed by atoms with Crippen molar-refractivity contribution < 1.29 is 0 Å². The predicted molar refractivity (Wildman–Crippen MR) is 112 cm³/mol. The first-order valence-electron chi connectivity index (χ1n) is 10.7. The van der Waals surface area contributed by atoms with E-state index in [1.54, 1.807) is 0 Å². The molecule has 0 aliphatic carbocycles. The SMILES string of the molecule is C1CNCCNCCNCCNCCCNCCNCCNCCNC1. The first-order chi connectivity index (χ1) is 13.0. The van der Waals surface area contributed by atoms with E-state index >= 15 is 0 Å². The molecule has 0 atom stereocenters. The van der Waals surface area contributed by atoms with Crippen molar-refractivity contribution in [3.63, 3.8) is 0 Å². The van der Waals surface area contributed by atoms with Gasteiger partial charge in [0.2, 0.25) is 0 Å². The second-order valence-electron chi connectivity index (χ2n) is 6.71. The fourth-order valence-electron chi connectivity index (χ4n) is 2.74. The van der Waals surface area contributed by atoms with Gasteiger partial charge in [0.05, 0.1) is 0 Å². The molecule has 0 bridgehead atoms. The van der Waals surface area contributed by atoms with Gasteiger partial charge in [-0.25, -0.2) is 0 Å². The first-order valence-corrected chi connectivity index (χ1v) is 10.7. The van der Waals surface area contributed by atoms with Gasteiger partial charge >= 0.3 is 0 Å². The molecule has 0 aromatic carbocycles. The zero-order valence-corrected chi connectivity index (χ0v) is 16.7. The van der Waals surface area contributed by atoms with Crippen molar-refractivity contribution in [2.24, 2.45) is 0 Å². The Bertz CT molecular complexity index is 145. The second-order valence-corrected chi connectivity index (χ2v) is 6.71. The maximum atomic E-state index is 3.48. The Hall–Kier alpha value is -0.320. The van der Waals surface area contributed by atoms with E-state index < -0.39 is 0 Å². The molecular weight excluding hydrogens is 328 g/mol. The summed E-state index contributed by atoms with van der Waals surface area (Å²) >= 11 is 0. The van der Waals surface area contributed by atoms with Gasteiger partial charge in [0.25, 0.3) is 0 Å². The summed E-state index contributed by atoms with van der Waals surface area (Å²) in [4.78, 5) is 0. The zero-order valence-electron chi connectivity index (χ0n) is 16.7. The number of nitrogens with one attached hydrogen (secondary N) is 8. The molecule has 0 spiro atoms. The Kier molecular flexibility index (Phi) is 19.1. The highest BCUT2D eigenvalue weighted by atomic mass is 15.0. The third-order valence-corrected chi connectivity index (χ3v) is 4.29. The summed E-state index contributed by atoms with van der Waals surface area (Å²) in [6, 6.07) is 0. The Balaban J connectivity index is 2.00. The lowest BCUT2D eigenvalue weighted by Gasteiger charge is -2.10. The van der Waals surface area contributed by atoms with Crippen LogP contribution < -0.4 is 42.5 Å². The van der Waals surface area contributed by atoms with Gasteiger partial charge in [0.15, 0.2) is 0 Å². The molecule has 8 N–H and O–H groups in total. The fraction of sp³-hybridized carbons (Fsp3) is 1.00. The molecule has 8 heteroatoms. The Morgan fingerprint density at radius 2 is 0.346 bits per heavy atom. The smallest absolute Gasteiger partial charge is 0.00772 e. The van der Waals surface area contributed by atoms with Crippen LogP contribution in [0, 0.1) is 0 Å². The van der Waals surface area contributed by atoms with Gasteiger partial charge in [-0.05, 0) is 39.0 Å². The third-order valence-electron chi connectivity index (χ3n) is 4.29. The Morgan fingerprint density at radius 1 is 0.192 bits per heavy atom. The van der Waals surface area contributed by atoms with Crippen LogP contribution in [0.5, 0.6) is 0 Å². The molecule has 8 nitrogen and oxygen atoms in total. The fourth-order valence-corrected chi connectivity index (χ4v) is 2.74. The maximum Gasteiger partial charge on any atom is 0.00772 e. The molecule has 1 aliphatic rings. The van der Waals surface area contributed by atoms with Gasteiger partial charge in [-0.3, -0.25) is 0 Å². The van der Waals surface area contributed by atoms with Crippen molar-refractivity contribution in [3.8, 4) is 0 Å². The van der Waals surface area contributed by atoms with Gasteiger partial charge in [-0.15, -0.1) is 0 Å². The van der Waals surface area contributed by atoms with Crippen LogP contribution in [0.15, 0.2) is 0 Å². The van der Waals surface area contributed by atoms with Gasteiger partial charge in [-0.1, -0.05) is 0 Å². The van der Waals surface area contributed by atoms with Crippen molar-refractivity contribution in [1.29, 1.82) is 0 Å². The molecule has 0 saturated carbocycles. The molecule has 156 valence electrons. The second kappa shape index (κ2) is 21.0. The Morgan fingerprint density at radius 3 is 0.538 bits per heavy atom. The Labute approximate surface area is 160 Å². The number of hydrogen-bond acceptors (Lipinski definition) is 8. The van der Waals surface area contributed by atoms with Crippen LogP contribution in [0.2, 0.25) is 0 Å². The minimum absolute atomic E-state index is 1.04. The third kappa shape index (κ3) is 18.5. The molecule has 1 heterocycles. The average Bonchev–Trinajstić information content (AvgIpc) is 2.65. The van der Waals surface area contributed by atoms with Crippen LogP contribution in [-0.4, -0.2) is 105 Å². The number of hydrogen-bond donors (Lipinski definition) is 8. The van der Waals surface area contributed by atoms with E-state index in [2.05, 4.69) is 42.5 Å². The molecule has 0 amide bonds. The highest BCUT2D eigenvalue weighted by Gasteiger charge is 1.93. The lowest BCUT2D eigenvalue weighted by Crippen LogP contribution is -2.37. The van der Waals surface area contributed by atoms with Crippen molar-refractivity contribution in [2.75, 3.05) is 105 Å². The summed E-state index contributed by atoms with van der Waals surface area (Å²) in [6.45, 7) is 16.8. The minimum Gasteiger partial charge on any atom is -0.315 e. The lowest BCUT2D eigenvalue weighted by molar-refractivity contribution is 0.532. The summed E-state index contributed by atoms with van der Waals surface area (Å²) in [5, 5.41) is 27.8. The lowest BCUT2D eigenvalue weighted by atomic mass is 10.4. The van der Waals surface area contributed by atoms with E-state index in [0.717, 1.165) is 105 Å². The minimum atomic E-state index is 1.04. The van der Waals surface area contributed by atoms with Crippen LogP contribution in [-0.2, 0) is 0 Å². The summed E-state index contributed by atoms with van der Waals surface area (Å²) in [5.74, 6) is 0. The molecule has 0 unspecified atom stereocenters. The molecule has 1 aliphatic heterocycles. The molecule has 1 saturated heterocycles. The highest BCUT2D eigenvalue weighted by Crippen LogP contribution is 1.74. The molecule has 0 aromatic heterocycles. The van der Waals surface area contributed by atoms with Gasteiger partial charge in [0, 0.05) is 78.5 Å². The van der Waals surface area contributed by atoms with E-state index in [9.17, 15) is 0 Å². The molecule has 26 heavy (non-hydrogen) atoms. The van der Waals surface area contributed by atoms with E-state index in [4.69, 9.17) is 0 Å². The van der Waals surface area contributed by atoms with Crippen LogP contribution >= 0.6 is 0 Å². The van der Waals surface area contributed by atoms with E-state index in [0.29, 0.717) is 0 Å². The van der Waals surface area contributed by atoms with E-state index in [-0.39, 0.29) is 0 Å². The van der Waals surface area contributed by atoms with Gasteiger partial charge in [-0.2, -0.15) is 0 Å². The monoisotopic (exact) mass is 372 g/mol. The van der Waals surface area contributed by atoms with Crippen LogP contribution in [0.4, 0.5) is 0 Å². The molecule has 1 rings (SSSR count). The molecule has 0 radical (unpaired) electrons. The standard InChI is InChI=1S/C18H44N8/c1-3-19-7-11-23-15-17-25-13-9-21-5-2-6-22-10-14-26-18-16-24-12-8-20-4-1/h19-26H,1-18H2. The highest BCUT2D eigenvalue weighted by molar-refractivity contribution is 4.60. The summed E-state index contributed by atoms with van der Waals surface area (Å²) in [5.41, 5.74) is 0. The van der Waals surface area contributed by atoms with Crippen molar-refractivity contribution in [1.82, 2.24) is 42.5 Å². The maximum absolute atomic E-state index is 3.48. The normalized spacial score (nSPS) is 24.0. The van der Waals surface area contributed by atoms with E-state index in [1.165, 1.54) is 12.8 Å². The van der Waals surface area contributed by atoms with Gasteiger partial charge in [0.1, 0.15) is 0 Å². The quantitative estimate of drug-likeness (QED) is 0.236. The summed E-state index contributed by atoms with van der Waals surface area (Å²) in [6.07, 6.45) is 2.37.